The van der Waals surface area contributed by atoms with Crippen LogP contribution < -0.4 is 0 Å². The van der Waals surface area contributed by atoms with Crippen LogP contribution in [0, 0.1) is 53.3 Å². The number of fused-ring (bicyclic) bond motifs is 6. The van der Waals surface area contributed by atoms with Crippen LogP contribution in [0.25, 0.3) is 0 Å². The first-order valence-electron chi connectivity index (χ1n) is 12.6. The molecule has 0 amide bonds. The van der Waals surface area contributed by atoms with Crippen molar-refractivity contribution in [1.82, 2.24) is 0 Å². The van der Waals surface area contributed by atoms with Crippen molar-refractivity contribution in [2.75, 3.05) is 19.8 Å². The maximum atomic E-state index is 6.31. The van der Waals surface area contributed by atoms with Crippen LogP contribution in [0.2, 0.25) is 0 Å². The molecule has 6 fully saturated rings. The summed E-state index contributed by atoms with van der Waals surface area (Å²) in [5.74, 6) is 8.01. The molecule has 6 aliphatic carbocycles. The Bertz CT molecular complexity index is 480. The fourth-order valence-electron chi connectivity index (χ4n) is 8.49. The maximum absolute atomic E-state index is 6.31. The second-order valence-corrected chi connectivity index (χ2v) is 11.6. The maximum Gasteiger partial charge on any atom is 0.639 e. The molecule has 0 N–H and O–H groups in total. The minimum atomic E-state index is -0.405. The van der Waals surface area contributed by atoms with Crippen LogP contribution in [0.1, 0.15) is 77.0 Å². The second kappa shape index (κ2) is 7.89. The lowest BCUT2D eigenvalue weighted by Crippen LogP contribution is -2.35. The summed E-state index contributed by atoms with van der Waals surface area (Å²) in [6.45, 7) is 2.58. The average Bonchev–Trinajstić information content (AvgIpc) is 3.54. The van der Waals surface area contributed by atoms with Gasteiger partial charge in [0.1, 0.15) is 0 Å². The third-order valence-corrected chi connectivity index (χ3v) is 9.99. The monoisotopic (exact) mass is 386 g/mol. The van der Waals surface area contributed by atoms with Gasteiger partial charge in [-0.05, 0) is 111 Å². The third-order valence-electron chi connectivity index (χ3n) is 9.99. The van der Waals surface area contributed by atoms with Crippen molar-refractivity contribution in [2.24, 2.45) is 53.3 Å². The van der Waals surface area contributed by atoms with Crippen LogP contribution in [0.4, 0.5) is 0 Å². The van der Waals surface area contributed by atoms with Crippen LogP contribution in [-0.2, 0) is 14.0 Å². The zero-order chi connectivity index (χ0) is 18.5. The van der Waals surface area contributed by atoms with E-state index in [-0.39, 0.29) is 0 Å². The molecule has 6 aliphatic rings. The average molecular weight is 386 g/mol. The van der Waals surface area contributed by atoms with E-state index in [9.17, 15) is 0 Å². The lowest BCUT2D eigenvalue weighted by molar-refractivity contribution is 0.0400. The molecule has 0 radical (unpaired) electrons. The molecule has 4 heteroatoms. The van der Waals surface area contributed by atoms with Crippen molar-refractivity contribution in [1.29, 1.82) is 0 Å². The van der Waals surface area contributed by atoms with E-state index in [4.69, 9.17) is 14.0 Å². The first-order valence-corrected chi connectivity index (χ1v) is 12.6. The molecule has 3 nitrogen and oxygen atoms in total. The molecule has 0 saturated heterocycles. The Hall–Kier alpha value is -0.0551. The standard InChI is InChI=1S/C24H39BO3/c1-4-19-7-16(1)10-22(19)13-26-25(27-14-23-11-17-2-5-20(23)8-17)28-15-24-12-18-3-6-21(24)9-18/h16-24H,1-15H2/t16-,17-,18-,19-,20-,21-,22+,23+,24+/m0/s1. The molecule has 0 spiro atoms. The number of rotatable bonds is 9. The van der Waals surface area contributed by atoms with E-state index in [1.54, 1.807) is 0 Å². The molecule has 9 atom stereocenters. The van der Waals surface area contributed by atoms with Gasteiger partial charge in [-0.25, -0.2) is 0 Å². The van der Waals surface area contributed by atoms with Gasteiger partial charge < -0.3 is 14.0 Å². The summed E-state index contributed by atoms with van der Waals surface area (Å²) < 4.78 is 18.9. The number of hydrogen-bond acceptors (Lipinski definition) is 3. The lowest BCUT2D eigenvalue weighted by Gasteiger charge is -2.27. The van der Waals surface area contributed by atoms with Crippen LogP contribution >= 0.6 is 0 Å². The fraction of sp³-hybridized carbons (Fsp3) is 1.00. The van der Waals surface area contributed by atoms with Crippen LogP contribution in [-0.4, -0.2) is 27.1 Å². The highest BCUT2D eigenvalue weighted by molar-refractivity contribution is 6.36. The van der Waals surface area contributed by atoms with Gasteiger partial charge in [0.25, 0.3) is 0 Å². The van der Waals surface area contributed by atoms with E-state index in [1.807, 2.05) is 0 Å². The van der Waals surface area contributed by atoms with Crippen LogP contribution in [0.15, 0.2) is 0 Å². The zero-order valence-electron chi connectivity index (χ0n) is 17.6. The van der Waals surface area contributed by atoms with Crippen molar-refractivity contribution in [3.8, 4) is 0 Å². The van der Waals surface area contributed by atoms with Crippen molar-refractivity contribution < 1.29 is 14.0 Å². The van der Waals surface area contributed by atoms with Gasteiger partial charge in [-0.15, -0.1) is 0 Å². The Kier molecular flexibility index (Phi) is 5.27. The molecule has 28 heavy (non-hydrogen) atoms. The molecule has 0 unspecified atom stereocenters. The first-order chi connectivity index (χ1) is 13.8. The predicted molar refractivity (Wildman–Crippen MR) is 110 cm³/mol. The summed E-state index contributed by atoms with van der Waals surface area (Å²) in [5.41, 5.74) is 0. The Balaban J connectivity index is 1.01. The Morgan fingerprint density at radius 3 is 1.07 bits per heavy atom. The van der Waals surface area contributed by atoms with Crippen molar-refractivity contribution in [2.45, 2.75) is 77.0 Å². The molecular formula is C24H39BO3. The van der Waals surface area contributed by atoms with Crippen LogP contribution in [0.5, 0.6) is 0 Å². The molecule has 0 aromatic rings. The summed E-state index contributed by atoms with van der Waals surface area (Å²) >= 11 is 0. The summed E-state index contributed by atoms with van der Waals surface area (Å²) in [4.78, 5) is 0. The second-order valence-electron chi connectivity index (χ2n) is 11.6. The van der Waals surface area contributed by atoms with Crippen molar-refractivity contribution >= 4 is 7.32 Å². The molecule has 156 valence electrons. The van der Waals surface area contributed by atoms with E-state index >= 15 is 0 Å². The summed E-state index contributed by atoms with van der Waals surface area (Å²) in [5, 5.41) is 0. The summed E-state index contributed by atoms with van der Waals surface area (Å²) in [7, 11) is -0.405. The van der Waals surface area contributed by atoms with Gasteiger partial charge in [-0.2, -0.15) is 0 Å². The largest absolute Gasteiger partial charge is 0.639 e. The van der Waals surface area contributed by atoms with Crippen molar-refractivity contribution in [3.63, 3.8) is 0 Å². The van der Waals surface area contributed by atoms with E-state index < -0.39 is 7.32 Å². The van der Waals surface area contributed by atoms with Gasteiger partial charge in [0.2, 0.25) is 0 Å². The predicted octanol–water partition coefficient (Wildman–Crippen LogP) is 5.33. The molecular weight excluding hydrogens is 347 g/mol. The molecule has 6 saturated carbocycles. The fourth-order valence-corrected chi connectivity index (χ4v) is 8.49. The van der Waals surface area contributed by atoms with E-state index in [0.717, 1.165) is 73.1 Å². The van der Waals surface area contributed by atoms with Gasteiger partial charge in [-0.3, -0.25) is 0 Å². The lowest BCUT2D eigenvalue weighted by atomic mass is 9.88. The number of hydrogen-bond donors (Lipinski definition) is 0. The van der Waals surface area contributed by atoms with Crippen molar-refractivity contribution in [3.05, 3.63) is 0 Å². The normalized spacial score (nSPS) is 48.2. The quantitative estimate of drug-likeness (QED) is 0.502. The molecule has 0 aromatic heterocycles. The highest BCUT2D eigenvalue weighted by Crippen LogP contribution is 2.50. The Morgan fingerprint density at radius 2 is 0.821 bits per heavy atom. The molecule has 6 rings (SSSR count). The smallest absolute Gasteiger partial charge is 0.386 e. The molecule has 0 aliphatic heterocycles. The minimum Gasteiger partial charge on any atom is -0.386 e. The first kappa shape index (κ1) is 18.7. The van der Waals surface area contributed by atoms with E-state index in [1.165, 1.54) is 77.0 Å². The Labute approximate surface area is 171 Å². The van der Waals surface area contributed by atoms with Gasteiger partial charge in [-0.1, -0.05) is 19.3 Å². The Morgan fingerprint density at radius 1 is 0.464 bits per heavy atom. The zero-order valence-corrected chi connectivity index (χ0v) is 17.6. The summed E-state index contributed by atoms with van der Waals surface area (Å²) in [6, 6.07) is 0. The van der Waals surface area contributed by atoms with E-state index in [0.29, 0.717) is 0 Å². The molecule has 0 heterocycles. The van der Waals surface area contributed by atoms with Gasteiger partial charge in [0, 0.05) is 19.8 Å². The van der Waals surface area contributed by atoms with Crippen LogP contribution in [0.3, 0.4) is 0 Å². The third kappa shape index (κ3) is 3.71. The molecule has 6 bridgehead atoms. The molecule has 0 aromatic carbocycles. The van der Waals surface area contributed by atoms with Gasteiger partial charge in [0.05, 0.1) is 0 Å². The minimum absolute atomic E-state index is 0.405. The highest BCUT2D eigenvalue weighted by atomic mass is 16.7. The summed E-state index contributed by atoms with van der Waals surface area (Å²) in [6.07, 6.45) is 17.2. The highest BCUT2D eigenvalue weighted by Gasteiger charge is 2.43. The SMILES string of the molecule is C1C[C@H]2C[C@H]1C[C@@H]2COB(OC[C@H]1C[C@H]2CC[C@H]1C2)OC[C@H]1C[C@H]2CC[C@H]1C2. The van der Waals surface area contributed by atoms with E-state index in [2.05, 4.69) is 0 Å². The van der Waals surface area contributed by atoms with Gasteiger partial charge in [0.15, 0.2) is 0 Å². The topological polar surface area (TPSA) is 27.7 Å². The van der Waals surface area contributed by atoms with Gasteiger partial charge >= 0.3 is 7.32 Å².